The van der Waals surface area contributed by atoms with E-state index in [1.165, 1.54) is 12.8 Å². The van der Waals surface area contributed by atoms with E-state index in [9.17, 15) is 4.79 Å². The Hall–Kier alpha value is -1.39. The quantitative estimate of drug-likeness (QED) is 0.831. The van der Waals surface area contributed by atoms with Crippen LogP contribution in [0.5, 0.6) is 0 Å². The van der Waals surface area contributed by atoms with Crippen LogP contribution in [0, 0.1) is 0 Å². The molecule has 1 aliphatic rings. The maximum Gasteiger partial charge on any atom is 0.320 e. The smallest absolute Gasteiger partial charge is 0.320 e. The van der Waals surface area contributed by atoms with E-state index < -0.39 is 12.0 Å². The third-order valence-electron chi connectivity index (χ3n) is 3.56. The fourth-order valence-electron chi connectivity index (χ4n) is 2.57. The van der Waals surface area contributed by atoms with Gasteiger partial charge in [-0.1, -0.05) is 30.3 Å². The van der Waals surface area contributed by atoms with Gasteiger partial charge in [0.15, 0.2) is 0 Å². The molecule has 4 heteroatoms. The van der Waals surface area contributed by atoms with Crippen LogP contribution in [-0.4, -0.2) is 35.1 Å². The second-order valence-electron chi connectivity index (χ2n) is 4.85. The Labute approximate surface area is 107 Å². The summed E-state index contributed by atoms with van der Waals surface area (Å²) in [4.78, 5) is 13.3. The van der Waals surface area contributed by atoms with Crippen molar-refractivity contribution in [1.29, 1.82) is 0 Å². The molecule has 1 aliphatic heterocycles. The third-order valence-corrected chi connectivity index (χ3v) is 3.56. The number of carboxylic acid groups (broad SMARTS) is 1. The van der Waals surface area contributed by atoms with Crippen molar-refractivity contribution in [3.63, 3.8) is 0 Å². The molecule has 1 aromatic carbocycles. The number of nitrogens with two attached hydrogens (primary N) is 1. The number of carboxylic acids is 1. The van der Waals surface area contributed by atoms with E-state index in [0.717, 1.165) is 18.7 Å². The van der Waals surface area contributed by atoms with Gasteiger partial charge < -0.3 is 10.8 Å². The Morgan fingerprint density at radius 3 is 2.44 bits per heavy atom. The second-order valence-corrected chi connectivity index (χ2v) is 4.85. The highest BCUT2D eigenvalue weighted by atomic mass is 16.4. The maximum absolute atomic E-state index is 10.9. The van der Waals surface area contributed by atoms with Crippen molar-refractivity contribution in [2.24, 2.45) is 5.73 Å². The molecule has 0 saturated carbocycles. The van der Waals surface area contributed by atoms with Crippen LogP contribution in [0.25, 0.3) is 0 Å². The summed E-state index contributed by atoms with van der Waals surface area (Å²) < 4.78 is 0. The van der Waals surface area contributed by atoms with Gasteiger partial charge in [-0.2, -0.15) is 0 Å². The van der Waals surface area contributed by atoms with E-state index in [4.69, 9.17) is 10.8 Å². The number of likely N-dealkylation sites (tertiary alicyclic amines) is 1. The van der Waals surface area contributed by atoms with E-state index >= 15 is 0 Å². The van der Waals surface area contributed by atoms with Gasteiger partial charge in [0.2, 0.25) is 0 Å². The number of nitrogens with zero attached hydrogens (tertiary/aromatic N) is 1. The standard InChI is InChI=1S/C14H20N2O2/c15-12(14(17)18)10-13(16-8-4-5-9-16)11-6-2-1-3-7-11/h1-3,6-7,12-13H,4-5,8-10,15H2,(H,17,18)/t12-,13+/m1/s1. The molecule has 1 aromatic rings. The van der Waals surface area contributed by atoms with Gasteiger partial charge in [0, 0.05) is 6.04 Å². The average Bonchev–Trinajstić information content (AvgIpc) is 2.90. The molecule has 3 N–H and O–H groups in total. The number of benzene rings is 1. The van der Waals surface area contributed by atoms with Gasteiger partial charge in [-0.25, -0.2) is 0 Å². The SMILES string of the molecule is N[C@H](C[C@@H](c1ccccc1)N1CCCC1)C(=O)O. The molecule has 1 heterocycles. The molecule has 0 spiro atoms. The fraction of sp³-hybridized carbons (Fsp3) is 0.500. The second kappa shape index (κ2) is 5.98. The van der Waals surface area contributed by atoms with Gasteiger partial charge in [-0.15, -0.1) is 0 Å². The zero-order chi connectivity index (χ0) is 13.0. The summed E-state index contributed by atoms with van der Waals surface area (Å²) in [6.45, 7) is 2.07. The zero-order valence-corrected chi connectivity index (χ0v) is 10.5. The largest absolute Gasteiger partial charge is 0.480 e. The van der Waals surface area contributed by atoms with Crippen LogP contribution in [-0.2, 0) is 4.79 Å². The molecule has 1 saturated heterocycles. The van der Waals surface area contributed by atoms with Crippen LogP contribution in [0.4, 0.5) is 0 Å². The summed E-state index contributed by atoms with van der Waals surface area (Å²) in [5, 5.41) is 8.98. The Kier molecular flexibility index (Phi) is 4.33. The van der Waals surface area contributed by atoms with Crippen LogP contribution >= 0.6 is 0 Å². The third kappa shape index (κ3) is 3.09. The Morgan fingerprint density at radius 1 is 1.28 bits per heavy atom. The first-order valence-electron chi connectivity index (χ1n) is 6.46. The molecule has 2 rings (SSSR count). The van der Waals surface area contributed by atoms with Crippen molar-refractivity contribution in [3.05, 3.63) is 35.9 Å². The van der Waals surface area contributed by atoms with Gasteiger partial charge >= 0.3 is 5.97 Å². The summed E-state index contributed by atoms with van der Waals surface area (Å²) in [7, 11) is 0. The lowest BCUT2D eigenvalue weighted by atomic mass is 9.98. The molecule has 0 bridgehead atoms. The number of carbonyl (C=O) groups is 1. The topological polar surface area (TPSA) is 66.6 Å². The summed E-state index contributed by atoms with van der Waals surface area (Å²) in [5.74, 6) is -0.921. The Morgan fingerprint density at radius 2 is 1.89 bits per heavy atom. The van der Waals surface area contributed by atoms with Crippen molar-refractivity contribution < 1.29 is 9.90 Å². The minimum absolute atomic E-state index is 0.125. The first-order chi connectivity index (χ1) is 8.68. The van der Waals surface area contributed by atoms with Gasteiger partial charge in [-0.05, 0) is 37.9 Å². The molecule has 0 aromatic heterocycles. The van der Waals surface area contributed by atoms with Crippen LogP contribution in [0.3, 0.4) is 0 Å². The molecule has 1 fully saturated rings. The Bertz CT molecular complexity index is 388. The van der Waals surface area contributed by atoms with E-state index in [1.54, 1.807) is 0 Å². The first kappa shape index (κ1) is 13.1. The molecule has 0 amide bonds. The summed E-state index contributed by atoms with van der Waals surface area (Å²) in [5.41, 5.74) is 6.86. The number of rotatable bonds is 5. The van der Waals surface area contributed by atoms with Crippen molar-refractivity contribution in [2.75, 3.05) is 13.1 Å². The molecule has 0 unspecified atom stereocenters. The van der Waals surface area contributed by atoms with E-state index in [2.05, 4.69) is 17.0 Å². The summed E-state index contributed by atoms with van der Waals surface area (Å²) >= 11 is 0. The summed E-state index contributed by atoms with van der Waals surface area (Å²) in [6, 6.07) is 9.39. The van der Waals surface area contributed by atoms with Gasteiger partial charge in [0.1, 0.15) is 6.04 Å². The fourth-order valence-corrected chi connectivity index (χ4v) is 2.57. The van der Waals surface area contributed by atoms with Crippen molar-refractivity contribution in [2.45, 2.75) is 31.3 Å². The normalized spacial score (nSPS) is 19.6. The molecular weight excluding hydrogens is 228 g/mol. The number of hydrogen-bond donors (Lipinski definition) is 2. The van der Waals surface area contributed by atoms with Gasteiger partial charge in [0.25, 0.3) is 0 Å². The van der Waals surface area contributed by atoms with E-state index in [0.29, 0.717) is 6.42 Å². The predicted octanol–water partition coefficient (Wildman–Crippen LogP) is 1.63. The van der Waals surface area contributed by atoms with Crippen LogP contribution in [0.15, 0.2) is 30.3 Å². The van der Waals surface area contributed by atoms with Crippen LogP contribution < -0.4 is 5.73 Å². The lowest BCUT2D eigenvalue weighted by molar-refractivity contribution is -0.139. The van der Waals surface area contributed by atoms with E-state index in [-0.39, 0.29) is 6.04 Å². The molecule has 18 heavy (non-hydrogen) atoms. The predicted molar refractivity (Wildman–Crippen MR) is 70.2 cm³/mol. The lowest BCUT2D eigenvalue weighted by Gasteiger charge is -2.29. The first-order valence-corrected chi connectivity index (χ1v) is 6.46. The number of hydrogen-bond acceptors (Lipinski definition) is 3. The highest BCUT2D eigenvalue weighted by Gasteiger charge is 2.27. The highest BCUT2D eigenvalue weighted by molar-refractivity contribution is 5.73. The molecule has 0 aliphatic carbocycles. The molecule has 2 atom stereocenters. The van der Waals surface area contributed by atoms with Gasteiger partial charge in [-0.3, -0.25) is 9.69 Å². The zero-order valence-electron chi connectivity index (χ0n) is 10.5. The minimum atomic E-state index is -0.921. The molecule has 4 nitrogen and oxygen atoms in total. The van der Waals surface area contributed by atoms with Crippen LogP contribution in [0.1, 0.15) is 30.9 Å². The highest BCUT2D eigenvalue weighted by Crippen LogP contribution is 2.28. The van der Waals surface area contributed by atoms with Crippen molar-refractivity contribution in [1.82, 2.24) is 4.90 Å². The minimum Gasteiger partial charge on any atom is -0.480 e. The lowest BCUT2D eigenvalue weighted by Crippen LogP contribution is -2.36. The van der Waals surface area contributed by atoms with Gasteiger partial charge in [0.05, 0.1) is 0 Å². The molecule has 98 valence electrons. The number of aliphatic carboxylic acids is 1. The molecular formula is C14H20N2O2. The monoisotopic (exact) mass is 248 g/mol. The molecule has 0 radical (unpaired) electrons. The summed E-state index contributed by atoms with van der Waals surface area (Å²) in [6.07, 6.45) is 2.84. The van der Waals surface area contributed by atoms with Crippen molar-refractivity contribution in [3.8, 4) is 0 Å². The average molecular weight is 248 g/mol. The Balaban J connectivity index is 2.15. The van der Waals surface area contributed by atoms with E-state index in [1.807, 2.05) is 18.2 Å². The van der Waals surface area contributed by atoms with Crippen LogP contribution in [0.2, 0.25) is 0 Å². The van der Waals surface area contributed by atoms with Crippen molar-refractivity contribution >= 4 is 5.97 Å². The maximum atomic E-state index is 10.9.